The highest BCUT2D eigenvalue weighted by Gasteiger charge is 2.29. The molecule has 0 bridgehead atoms. The van der Waals surface area contributed by atoms with Crippen molar-refractivity contribution in [2.24, 2.45) is 7.05 Å². The van der Waals surface area contributed by atoms with E-state index in [0.29, 0.717) is 18.1 Å². The van der Waals surface area contributed by atoms with Crippen molar-refractivity contribution in [1.82, 2.24) is 14.7 Å². The molecule has 1 saturated heterocycles. The molecule has 5 nitrogen and oxygen atoms in total. The molecule has 1 aliphatic rings. The number of amides is 1. The third kappa shape index (κ3) is 3.78. The molecule has 0 aliphatic carbocycles. The number of hydrogen-bond acceptors (Lipinski definition) is 4. The molecule has 1 fully saturated rings. The molecule has 1 aliphatic heterocycles. The summed E-state index contributed by atoms with van der Waals surface area (Å²) in [7, 11) is 1.93. The van der Waals surface area contributed by atoms with Crippen LogP contribution < -0.4 is 4.90 Å². The molecule has 5 rings (SSSR count). The largest absolute Gasteiger partial charge is 0.365 e. The minimum absolute atomic E-state index is 0.101. The lowest BCUT2D eigenvalue weighted by Gasteiger charge is -2.41. The van der Waals surface area contributed by atoms with E-state index in [1.165, 1.54) is 22.6 Å². The lowest BCUT2D eigenvalue weighted by molar-refractivity contribution is 0.0731. The number of halogens is 1. The molecule has 0 radical (unpaired) electrons. The van der Waals surface area contributed by atoms with Gasteiger partial charge in [-0.1, -0.05) is 35.9 Å². The molecule has 1 atom stereocenters. The van der Waals surface area contributed by atoms with E-state index in [-0.39, 0.29) is 11.9 Å². The average molecular weight is 465 g/mol. The van der Waals surface area contributed by atoms with Gasteiger partial charge in [0.25, 0.3) is 5.91 Å². The minimum atomic E-state index is 0.101. The van der Waals surface area contributed by atoms with Gasteiger partial charge in [0.2, 0.25) is 0 Å². The number of aromatic nitrogens is 2. The zero-order valence-corrected chi connectivity index (χ0v) is 20.0. The molecule has 2 aromatic heterocycles. The summed E-state index contributed by atoms with van der Waals surface area (Å²) in [5.41, 5.74) is 4.36. The summed E-state index contributed by atoms with van der Waals surface area (Å²) in [4.78, 5) is 19.5. The van der Waals surface area contributed by atoms with E-state index in [2.05, 4.69) is 48.1 Å². The number of aryl methyl sites for hydroxylation is 2. The zero-order chi connectivity index (χ0) is 22.4. The van der Waals surface area contributed by atoms with Crippen LogP contribution in [0.2, 0.25) is 5.02 Å². The second kappa shape index (κ2) is 8.26. The molecular weight excluding hydrogens is 440 g/mol. The highest BCUT2D eigenvalue weighted by Crippen LogP contribution is 2.35. The van der Waals surface area contributed by atoms with Crippen LogP contribution in [0.3, 0.4) is 0 Å². The van der Waals surface area contributed by atoms with Crippen molar-refractivity contribution >= 4 is 44.7 Å². The van der Waals surface area contributed by atoms with Crippen molar-refractivity contribution in [3.05, 3.63) is 70.1 Å². The number of nitrogens with zero attached hydrogens (tertiary/aromatic N) is 4. The van der Waals surface area contributed by atoms with Crippen LogP contribution in [0.4, 0.5) is 5.69 Å². The number of carbonyl (C=O) groups excluding carboxylic acids is 1. The Hall–Kier alpha value is -2.83. The first-order chi connectivity index (χ1) is 15.4. The van der Waals surface area contributed by atoms with Crippen LogP contribution in [0.5, 0.6) is 0 Å². The van der Waals surface area contributed by atoms with Gasteiger partial charge in [-0.2, -0.15) is 5.10 Å². The van der Waals surface area contributed by atoms with Crippen LogP contribution in [0, 0.1) is 6.92 Å². The molecular formula is C25H25ClN4OS. The maximum atomic E-state index is 13.4. The predicted octanol–water partition coefficient (Wildman–Crippen LogP) is 5.61. The number of anilines is 1. The quantitative estimate of drug-likeness (QED) is 0.395. The predicted molar refractivity (Wildman–Crippen MR) is 133 cm³/mol. The molecule has 32 heavy (non-hydrogen) atoms. The third-order valence-corrected chi connectivity index (χ3v) is 7.53. The van der Waals surface area contributed by atoms with Crippen molar-refractivity contribution < 1.29 is 4.79 Å². The van der Waals surface area contributed by atoms with Gasteiger partial charge in [0.1, 0.15) is 10.5 Å². The summed E-state index contributed by atoms with van der Waals surface area (Å²) in [5, 5.41) is 6.38. The van der Waals surface area contributed by atoms with Crippen LogP contribution >= 0.6 is 22.9 Å². The summed E-state index contributed by atoms with van der Waals surface area (Å²) in [6.07, 6.45) is 0. The van der Waals surface area contributed by atoms with E-state index in [1.807, 2.05) is 47.0 Å². The van der Waals surface area contributed by atoms with Crippen LogP contribution in [0.25, 0.3) is 21.5 Å². The second-order valence-electron chi connectivity index (χ2n) is 8.44. The number of hydrogen-bond donors (Lipinski definition) is 0. The Morgan fingerprint density at radius 2 is 1.91 bits per heavy atom. The Kier molecular flexibility index (Phi) is 5.43. The number of benzene rings is 2. The van der Waals surface area contributed by atoms with Crippen LogP contribution in [-0.2, 0) is 7.05 Å². The topological polar surface area (TPSA) is 41.4 Å². The average Bonchev–Trinajstić information content (AvgIpc) is 3.34. The van der Waals surface area contributed by atoms with Crippen molar-refractivity contribution in [2.75, 3.05) is 24.5 Å². The van der Waals surface area contributed by atoms with E-state index in [9.17, 15) is 4.79 Å². The van der Waals surface area contributed by atoms with Gasteiger partial charge in [-0.3, -0.25) is 9.48 Å². The second-order valence-corrected chi connectivity index (χ2v) is 9.91. The smallest absolute Gasteiger partial charge is 0.264 e. The van der Waals surface area contributed by atoms with Crippen molar-refractivity contribution in [3.8, 4) is 11.3 Å². The van der Waals surface area contributed by atoms with Gasteiger partial charge in [0, 0.05) is 54.4 Å². The van der Waals surface area contributed by atoms with Gasteiger partial charge in [0.15, 0.2) is 0 Å². The van der Waals surface area contributed by atoms with Crippen LogP contribution in [0.15, 0.2) is 54.6 Å². The maximum Gasteiger partial charge on any atom is 0.264 e. The lowest BCUT2D eigenvalue weighted by Crippen LogP contribution is -2.53. The van der Waals surface area contributed by atoms with E-state index in [4.69, 9.17) is 11.6 Å². The highest BCUT2D eigenvalue weighted by atomic mass is 35.5. The fourth-order valence-corrected chi connectivity index (χ4v) is 5.62. The first-order valence-corrected chi connectivity index (χ1v) is 12.0. The number of rotatable bonds is 3. The Morgan fingerprint density at radius 3 is 2.62 bits per heavy atom. The number of thiophene rings is 1. The summed E-state index contributed by atoms with van der Waals surface area (Å²) in [6.45, 7) is 6.56. The number of piperazine rings is 1. The monoisotopic (exact) mass is 464 g/mol. The normalized spacial score (nSPS) is 16.7. The SMILES string of the molecule is Cc1cccc(N2CCN(C(=O)c3cc4c(-c5ccc(Cl)cc5)nn(C)c4s3)C[C@H]2C)c1. The van der Waals surface area contributed by atoms with Crippen LogP contribution in [0.1, 0.15) is 22.2 Å². The van der Waals surface area contributed by atoms with Gasteiger partial charge < -0.3 is 9.80 Å². The molecule has 2 aromatic carbocycles. The molecule has 164 valence electrons. The molecule has 3 heterocycles. The van der Waals surface area contributed by atoms with E-state index >= 15 is 0 Å². The fraction of sp³-hybridized carbons (Fsp3) is 0.280. The Labute approximate surface area is 196 Å². The summed E-state index contributed by atoms with van der Waals surface area (Å²) < 4.78 is 1.86. The first-order valence-electron chi connectivity index (χ1n) is 10.8. The van der Waals surface area contributed by atoms with Gasteiger partial charge in [-0.05, 0) is 49.7 Å². The first kappa shape index (κ1) is 21.0. The van der Waals surface area contributed by atoms with E-state index in [0.717, 1.165) is 32.9 Å². The Balaban J connectivity index is 1.38. The van der Waals surface area contributed by atoms with Gasteiger partial charge in [-0.25, -0.2) is 0 Å². The zero-order valence-electron chi connectivity index (χ0n) is 18.4. The van der Waals surface area contributed by atoms with E-state index < -0.39 is 0 Å². The molecule has 0 saturated carbocycles. The molecule has 0 N–H and O–H groups in total. The van der Waals surface area contributed by atoms with Gasteiger partial charge in [-0.15, -0.1) is 11.3 Å². The Morgan fingerprint density at radius 1 is 1.12 bits per heavy atom. The summed E-state index contributed by atoms with van der Waals surface area (Å²) >= 11 is 7.56. The third-order valence-electron chi connectivity index (χ3n) is 6.09. The van der Waals surface area contributed by atoms with Gasteiger partial charge >= 0.3 is 0 Å². The van der Waals surface area contributed by atoms with Gasteiger partial charge in [0.05, 0.1) is 4.88 Å². The van der Waals surface area contributed by atoms with E-state index in [1.54, 1.807) is 0 Å². The lowest BCUT2D eigenvalue weighted by atomic mass is 10.1. The maximum absolute atomic E-state index is 13.4. The molecule has 0 unspecified atom stereocenters. The highest BCUT2D eigenvalue weighted by molar-refractivity contribution is 7.20. The molecule has 1 amide bonds. The minimum Gasteiger partial charge on any atom is -0.365 e. The standard InChI is InChI=1S/C25H25ClN4OS/c1-16-5-4-6-20(13-16)30-12-11-29(15-17(30)2)24(31)22-14-21-23(27-28(3)25(21)32-22)18-7-9-19(26)10-8-18/h4-10,13-14,17H,11-12,15H2,1-3H3/t17-/m1/s1. The molecule has 7 heteroatoms. The number of carbonyl (C=O) groups is 1. The van der Waals surface area contributed by atoms with Crippen molar-refractivity contribution in [1.29, 1.82) is 0 Å². The number of fused-ring (bicyclic) bond motifs is 1. The summed E-state index contributed by atoms with van der Waals surface area (Å²) in [6, 6.07) is 18.5. The molecule has 4 aromatic rings. The van der Waals surface area contributed by atoms with Crippen molar-refractivity contribution in [2.45, 2.75) is 19.9 Å². The summed E-state index contributed by atoms with van der Waals surface area (Å²) in [5.74, 6) is 0.101. The fourth-order valence-electron chi connectivity index (χ4n) is 4.46. The van der Waals surface area contributed by atoms with Crippen molar-refractivity contribution in [3.63, 3.8) is 0 Å². The Bertz CT molecular complexity index is 1290. The molecule has 0 spiro atoms. The van der Waals surface area contributed by atoms with Crippen LogP contribution in [-0.4, -0.2) is 46.3 Å².